The maximum atomic E-state index is 14.7. The first-order valence-corrected chi connectivity index (χ1v) is 26.6. The van der Waals surface area contributed by atoms with Crippen LogP contribution in [0.3, 0.4) is 0 Å². The second kappa shape index (κ2) is 18.9. The van der Waals surface area contributed by atoms with Crippen molar-refractivity contribution in [1.82, 2.24) is 25.2 Å². The minimum Gasteiger partial charge on any atom is -0.494 e. The molecule has 9 rings (SSSR count). The van der Waals surface area contributed by atoms with Crippen LogP contribution in [0.2, 0.25) is 0 Å². The van der Waals surface area contributed by atoms with Crippen molar-refractivity contribution >= 4 is 85.6 Å². The van der Waals surface area contributed by atoms with E-state index in [0.29, 0.717) is 68.1 Å². The van der Waals surface area contributed by atoms with Crippen molar-refractivity contribution in [2.75, 3.05) is 86.7 Å². The minimum atomic E-state index is -2.90. The third-order valence-electron chi connectivity index (χ3n) is 14.5. The molecule has 3 aromatic carbocycles. The van der Waals surface area contributed by atoms with E-state index in [-0.39, 0.29) is 23.4 Å². The van der Waals surface area contributed by atoms with Crippen LogP contribution in [-0.4, -0.2) is 97.9 Å². The molecule has 4 aliphatic heterocycles. The number of hydrogen-bond donors (Lipinski definition) is 3. The smallest absolute Gasteiger partial charge is 0.234 e. The van der Waals surface area contributed by atoms with Gasteiger partial charge in [0.15, 0.2) is 0 Å². The lowest BCUT2D eigenvalue weighted by Gasteiger charge is -2.48. The number of imide groups is 1. The molecule has 0 radical (unpaired) electrons. The van der Waals surface area contributed by atoms with Crippen LogP contribution >= 0.6 is 23.1 Å². The van der Waals surface area contributed by atoms with E-state index in [1.807, 2.05) is 6.07 Å². The van der Waals surface area contributed by atoms with Crippen LogP contribution in [-0.2, 0) is 14.2 Å². The van der Waals surface area contributed by atoms with Gasteiger partial charge in [0.25, 0.3) is 0 Å². The van der Waals surface area contributed by atoms with Crippen molar-refractivity contribution < 1.29 is 23.3 Å². The number of benzene rings is 3. The fraction of sp³-hybridized carbons (Fsp3) is 0.460. The molecule has 16 heteroatoms. The Balaban J connectivity index is 0.778. The molecule has 3 N–H and O–H groups in total. The Kier molecular flexibility index (Phi) is 13.2. The third kappa shape index (κ3) is 9.80. The molecule has 1 atom stereocenters. The summed E-state index contributed by atoms with van der Waals surface area (Å²) in [6.07, 6.45) is 9.88. The molecular formula is C50H60BrFN9O4P. The summed E-state index contributed by atoms with van der Waals surface area (Å²) in [7, 11) is -1.22. The standard InChI is InChI=1S/C50H60BrFN9O4P/c1-31-26-42(56-49-53-29-38(51)47(58-49)55-41-12-11-40-37(46(41)66(4,5)64)27-39(52)32(2)54-40)44(65-3)28-43(31)61-24-18-50(19-25-61)16-22-59(23-17-50)30-33-14-20-60(21-15-33)35-8-6-34(7-9-35)36-10-13-45(62)57-48(36)63/h6-9,11-12,26-29,33,36H,10,13-25,30H2,1-5H3,(H,57,62,63)(H2,53,55,56,58). The number of carbonyl (C=O) groups excluding carboxylic acids is 2. The highest BCUT2D eigenvalue weighted by Crippen LogP contribution is 2.45. The number of halogens is 2. The number of nitrogens with zero attached hydrogens (tertiary/aromatic N) is 6. The highest BCUT2D eigenvalue weighted by atomic mass is 79.9. The van der Waals surface area contributed by atoms with Crippen molar-refractivity contribution in [2.45, 2.75) is 71.1 Å². The molecule has 0 aliphatic carbocycles. The molecule has 66 heavy (non-hydrogen) atoms. The number of carbonyl (C=O) groups is 2. The lowest BCUT2D eigenvalue weighted by atomic mass is 9.71. The SMILES string of the molecule is COc1cc(N2CCC3(CCN(CC4CCN(c5ccc(C6CCC(=O)NC6=O)cc5)CC4)CC3)CC2)c(C)cc1Nc1ncc(Br)c(Nc2ccc3nc(C)c(F)cc3c2P(C)(C)=O)n1. The number of hydrogen-bond acceptors (Lipinski definition) is 12. The number of anilines is 6. The van der Waals surface area contributed by atoms with Crippen LogP contribution in [0, 0.1) is 31.0 Å². The molecule has 0 bridgehead atoms. The van der Waals surface area contributed by atoms with Crippen molar-refractivity contribution in [3.8, 4) is 5.75 Å². The predicted molar refractivity (Wildman–Crippen MR) is 266 cm³/mol. The number of nitrogens with one attached hydrogen (secondary N) is 3. The summed E-state index contributed by atoms with van der Waals surface area (Å²) in [6.45, 7) is 14.7. The fourth-order valence-electron chi connectivity index (χ4n) is 10.6. The Morgan fingerprint density at radius 3 is 2.27 bits per heavy atom. The normalized spacial score (nSPS) is 19.6. The van der Waals surface area contributed by atoms with Gasteiger partial charge < -0.3 is 34.6 Å². The van der Waals surface area contributed by atoms with E-state index in [2.05, 4.69) is 99.9 Å². The fourth-order valence-corrected chi connectivity index (χ4v) is 12.4. The first-order chi connectivity index (χ1) is 31.6. The Hall–Kier alpha value is -5.11. The van der Waals surface area contributed by atoms with Crippen LogP contribution in [0.4, 0.5) is 38.9 Å². The Labute approximate surface area is 395 Å². The molecule has 2 amide bonds. The maximum Gasteiger partial charge on any atom is 0.234 e. The van der Waals surface area contributed by atoms with Gasteiger partial charge in [-0.3, -0.25) is 19.9 Å². The number of pyridine rings is 1. The third-order valence-corrected chi connectivity index (χ3v) is 16.7. The van der Waals surface area contributed by atoms with E-state index >= 15 is 0 Å². The van der Waals surface area contributed by atoms with Crippen molar-refractivity contribution in [2.24, 2.45) is 11.3 Å². The molecule has 2 aromatic heterocycles. The van der Waals surface area contributed by atoms with Gasteiger partial charge in [-0.1, -0.05) is 12.1 Å². The molecule has 4 saturated heterocycles. The number of likely N-dealkylation sites (tertiary alicyclic amines) is 1. The number of fused-ring (bicyclic) bond motifs is 1. The van der Waals surface area contributed by atoms with Crippen LogP contribution in [0.25, 0.3) is 10.9 Å². The summed E-state index contributed by atoms with van der Waals surface area (Å²) >= 11 is 3.58. The molecular weight excluding hydrogens is 920 g/mol. The number of piperidine rings is 4. The summed E-state index contributed by atoms with van der Waals surface area (Å²) in [4.78, 5) is 45.4. The molecule has 1 spiro atoms. The zero-order valence-corrected chi connectivity index (χ0v) is 41.0. The number of amides is 2. The average Bonchev–Trinajstić information content (AvgIpc) is 3.29. The van der Waals surface area contributed by atoms with Crippen molar-refractivity contribution in [3.63, 3.8) is 0 Å². The molecule has 6 heterocycles. The molecule has 348 valence electrons. The van der Waals surface area contributed by atoms with E-state index < -0.39 is 13.0 Å². The van der Waals surface area contributed by atoms with Gasteiger partial charge in [-0.05, 0) is 160 Å². The lowest BCUT2D eigenvalue weighted by molar-refractivity contribution is -0.134. The van der Waals surface area contributed by atoms with Gasteiger partial charge in [0.2, 0.25) is 17.8 Å². The Bertz CT molecular complexity index is 2690. The lowest BCUT2D eigenvalue weighted by Crippen LogP contribution is -2.48. The van der Waals surface area contributed by atoms with Gasteiger partial charge in [-0.25, -0.2) is 9.37 Å². The summed E-state index contributed by atoms with van der Waals surface area (Å²) in [5.41, 5.74) is 7.07. The van der Waals surface area contributed by atoms with E-state index in [1.54, 1.807) is 39.6 Å². The van der Waals surface area contributed by atoms with E-state index in [0.717, 1.165) is 43.0 Å². The number of methoxy groups -OCH3 is 1. The van der Waals surface area contributed by atoms with E-state index in [4.69, 9.17) is 9.72 Å². The van der Waals surface area contributed by atoms with Crippen LogP contribution < -0.4 is 35.8 Å². The van der Waals surface area contributed by atoms with E-state index in [9.17, 15) is 18.5 Å². The topological polar surface area (TPSA) is 145 Å². The van der Waals surface area contributed by atoms with Gasteiger partial charge in [-0.2, -0.15) is 4.98 Å². The van der Waals surface area contributed by atoms with Gasteiger partial charge in [-0.15, -0.1) is 0 Å². The minimum absolute atomic E-state index is 0.176. The summed E-state index contributed by atoms with van der Waals surface area (Å²) in [6, 6.07) is 17.6. The molecule has 1 unspecified atom stereocenters. The van der Waals surface area contributed by atoms with E-state index in [1.165, 1.54) is 75.6 Å². The second-order valence-corrected chi connectivity index (χ2v) is 23.2. The van der Waals surface area contributed by atoms with Gasteiger partial charge >= 0.3 is 0 Å². The number of aryl methyl sites for hydroxylation is 2. The van der Waals surface area contributed by atoms with Crippen molar-refractivity contribution in [3.05, 3.63) is 87.9 Å². The number of ether oxygens (including phenoxy) is 1. The monoisotopic (exact) mass is 979 g/mol. The van der Waals surface area contributed by atoms with Gasteiger partial charge in [0.1, 0.15) is 24.5 Å². The molecule has 0 saturated carbocycles. The summed E-state index contributed by atoms with van der Waals surface area (Å²) in [5.74, 6) is 1.16. The molecule has 4 aliphatic rings. The summed E-state index contributed by atoms with van der Waals surface area (Å²) < 4.78 is 34.9. The molecule has 4 fully saturated rings. The van der Waals surface area contributed by atoms with Crippen LogP contribution in [0.15, 0.2) is 65.3 Å². The first-order valence-electron chi connectivity index (χ1n) is 23.2. The highest BCUT2D eigenvalue weighted by molar-refractivity contribution is 9.10. The summed E-state index contributed by atoms with van der Waals surface area (Å²) in [5, 5.41) is 10.2. The first kappa shape index (κ1) is 46.0. The number of rotatable bonds is 11. The zero-order chi connectivity index (χ0) is 46.3. The van der Waals surface area contributed by atoms with Crippen LogP contribution in [0.1, 0.15) is 74.1 Å². The number of aromatic nitrogens is 3. The predicted octanol–water partition coefficient (Wildman–Crippen LogP) is 9.41. The average molecular weight is 981 g/mol. The quantitative estimate of drug-likeness (QED) is 0.0857. The second-order valence-electron chi connectivity index (χ2n) is 19.2. The van der Waals surface area contributed by atoms with Crippen molar-refractivity contribution in [1.29, 1.82) is 0 Å². The van der Waals surface area contributed by atoms with Crippen LogP contribution in [0.5, 0.6) is 5.75 Å². The molecule has 5 aromatic rings. The highest BCUT2D eigenvalue weighted by Gasteiger charge is 2.39. The molecule has 13 nitrogen and oxygen atoms in total. The van der Waals surface area contributed by atoms with Gasteiger partial charge in [0, 0.05) is 73.5 Å². The Morgan fingerprint density at radius 2 is 1.59 bits per heavy atom. The Morgan fingerprint density at radius 1 is 0.879 bits per heavy atom. The largest absolute Gasteiger partial charge is 0.494 e. The zero-order valence-electron chi connectivity index (χ0n) is 38.6. The maximum absolute atomic E-state index is 14.7. The van der Waals surface area contributed by atoms with Gasteiger partial charge in [0.05, 0.1) is 40.1 Å².